The molecule has 14 heavy (non-hydrogen) atoms. The van der Waals surface area contributed by atoms with Crippen molar-refractivity contribution in [1.29, 1.82) is 0 Å². The van der Waals surface area contributed by atoms with Crippen molar-refractivity contribution < 1.29 is 19.3 Å². The van der Waals surface area contributed by atoms with E-state index >= 15 is 0 Å². The van der Waals surface area contributed by atoms with E-state index in [0.29, 0.717) is 0 Å². The van der Waals surface area contributed by atoms with Crippen LogP contribution < -0.4 is 0 Å². The molecule has 0 saturated carbocycles. The minimum Gasteiger partial charge on any atom is -0.393 e. The molecule has 80 valence electrons. The van der Waals surface area contributed by atoms with Crippen molar-refractivity contribution in [3.05, 3.63) is 10.4 Å². The summed E-state index contributed by atoms with van der Waals surface area (Å²) in [5.74, 6) is 0. The number of ether oxygens (including phenoxy) is 1. The zero-order valence-electron chi connectivity index (χ0n) is 7.67. The molecule has 6 nitrogen and oxygen atoms in total. The third-order valence-corrected chi connectivity index (χ3v) is 2.38. The Labute approximate surface area is 79.9 Å². The minimum absolute atomic E-state index is 0.286. The molecule has 1 saturated heterocycles. The predicted octanol–water partition coefficient (Wildman–Crippen LogP) is 0.145. The Bertz CT molecular complexity index is 259. The van der Waals surface area contributed by atoms with Crippen LogP contribution in [0, 0.1) is 0 Å². The molecule has 7 heteroatoms. The topological polar surface area (TPSA) is 98.5 Å². The van der Waals surface area contributed by atoms with Gasteiger partial charge in [-0.25, -0.2) is 4.39 Å². The highest BCUT2D eigenvalue weighted by atomic mass is 19.1. The van der Waals surface area contributed by atoms with Gasteiger partial charge in [0.25, 0.3) is 0 Å². The second-order valence-corrected chi connectivity index (χ2v) is 3.32. The zero-order chi connectivity index (χ0) is 10.8. The van der Waals surface area contributed by atoms with Crippen LogP contribution in [0.15, 0.2) is 5.11 Å². The molecule has 0 radical (unpaired) electrons. The van der Waals surface area contributed by atoms with E-state index in [1.807, 2.05) is 0 Å². The van der Waals surface area contributed by atoms with Crippen LogP contribution in [0.3, 0.4) is 0 Å². The van der Waals surface area contributed by atoms with Crippen LogP contribution in [0.25, 0.3) is 10.4 Å². The summed E-state index contributed by atoms with van der Waals surface area (Å²) in [7, 11) is 0. The summed E-state index contributed by atoms with van der Waals surface area (Å²) in [6.07, 6.45) is -3.85. The summed E-state index contributed by atoms with van der Waals surface area (Å²) in [4.78, 5) is 2.48. The maximum atomic E-state index is 13.2. The molecule has 1 aliphatic rings. The molecule has 0 amide bonds. The fourth-order valence-electron chi connectivity index (χ4n) is 1.51. The summed E-state index contributed by atoms with van der Waals surface area (Å²) in [5.41, 5.74) is 6.61. The number of rotatable bonds is 3. The normalized spacial score (nSPS) is 42.1. The quantitative estimate of drug-likeness (QED) is 0.389. The summed E-state index contributed by atoms with van der Waals surface area (Å²) < 4.78 is 18.3. The first-order valence-electron chi connectivity index (χ1n) is 4.19. The van der Waals surface area contributed by atoms with Crippen molar-refractivity contribution in [2.75, 3.05) is 13.2 Å². The number of nitrogens with zero attached hydrogens (tertiary/aromatic N) is 3. The first-order valence-corrected chi connectivity index (χ1v) is 4.19. The molecule has 1 heterocycles. The lowest BCUT2D eigenvalue weighted by Gasteiger charge is -2.27. The van der Waals surface area contributed by atoms with E-state index in [9.17, 15) is 9.50 Å². The molecule has 0 aliphatic carbocycles. The molecular weight excluding hydrogens is 193 g/mol. The number of aliphatic hydroxyl groups excluding tert-OH is 2. The van der Waals surface area contributed by atoms with Crippen LogP contribution in [0.1, 0.15) is 6.92 Å². The monoisotopic (exact) mass is 205 g/mol. The lowest BCUT2D eigenvalue weighted by Crippen LogP contribution is -2.48. The Hall–Kier alpha value is -0.880. The molecule has 4 atom stereocenters. The average Bonchev–Trinajstić information content (AvgIpc) is 2.41. The van der Waals surface area contributed by atoms with E-state index in [2.05, 4.69) is 10.0 Å². The van der Waals surface area contributed by atoms with Crippen molar-refractivity contribution in [2.24, 2.45) is 5.11 Å². The van der Waals surface area contributed by atoms with E-state index in [0.717, 1.165) is 0 Å². The van der Waals surface area contributed by atoms with Crippen molar-refractivity contribution in [3.8, 4) is 0 Å². The number of hydrogen-bond acceptors (Lipinski definition) is 4. The molecule has 0 bridgehead atoms. The molecule has 0 unspecified atom stereocenters. The van der Waals surface area contributed by atoms with E-state index in [1.54, 1.807) is 0 Å². The van der Waals surface area contributed by atoms with Gasteiger partial charge >= 0.3 is 0 Å². The largest absolute Gasteiger partial charge is 0.393 e. The van der Waals surface area contributed by atoms with Gasteiger partial charge in [-0.05, 0) is 12.5 Å². The summed E-state index contributed by atoms with van der Waals surface area (Å²) in [5, 5.41) is 21.7. The molecule has 0 aromatic rings. The summed E-state index contributed by atoms with van der Waals surface area (Å²) in [6, 6.07) is 0. The van der Waals surface area contributed by atoms with Gasteiger partial charge in [0.2, 0.25) is 0 Å². The number of alkyl halides is 1. The van der Waals surface area contributed by atoms with Crippen LogP contribution >= 0.6 is 0 Å². The lowest BCUT2D eigenvalue weighted by molar-refractivity contribution is -0.101. The van der Waals surface area contributed by atoms with Crippen LogP contribution in [0.4, 0.5) is 4.39 Å². The average molecular weight is 205 g/mol. The van der Waals surface area contributed by atoms with Gasteiger partial charge in [0, 0.05) is 4.91 Å². The number of aliphatic hydroxyl groups is 2. The molecule has 0 spiro atoms. The van der Waals surface area contributed by atoms with Gasteiger partial charge in [0.15, 0.2) is 6.17 Å². The lowest BCUT2D eigenvalue weighted by atomic mass is 9.96. The second-order valence-electron chi connectivity index (χ2n) is 3.32. The summed E-state index contributed by atoms with van der Waals surface area (Å²) >= 11 is 0. The molecule has 0 aromatic heterocycles. The van der Waals surface area contributed by atoms with E-state index in [-0.39, 0.29) is 6.54 Å². The Morgan fingerprint density at radius 2 is 2.36 bits per heavy atom. The highest BCUT2D eigenvalue weighted by Gasteiger charge is 2.52. The van der Waals surface area contributed by atoms with Gasteiger partial charge in [0.1, 0.15) is 11.7 Å². The first-order chi connectivity index (χ1) is 6.57. The van der Waals surface area contributed by atoms with Gasteiger partial charge in [-0.1, -0.05) is 5.11 Å². The van der Waals surface area contributed by atoms with Crippen molar-refractivity contribution in [1.82, 2.24) is 0 Å². The Kier molecular flexibility index (Phi) is 3.28. The van der Waals surface area contributed by atoms with Crippen LogP contribution in [-0.2, 0) is 4.74 Å². The van der Waals surface area contributed by atoms with Crippen LogP contribution in [-0.4, -0.2) is 47.3 Å². The third kappa shape index (κ3) is 1.67. The Morgan fingerprint density at radius 3 is 2.71 bits per heavy atom. The van der Waals surface area contributed by atoms with Crippen molar-refractivity contribution in [3.63, 3.8) is 0 Å². The van der Waals surface area contributed by atoms with Gasteiger partial charge in [0.05, 0.1) is 19.3 Å². The fourth-order valence-corrected chi connectivity index (χ4v) is 1.51. The van der Waals surface area contributed by atoms with Gasteiger partial charge < -0.3 is 14.9 Å². The molecule has 1 rings (SSSR count). The second kappa shape index (κ2) is 4.10. The third-order valence-electron chi connectivity index (χ3n) is 2.38. The SMILES string of the molecule is C[C@@H]1O[C@@](CO)(CN=[N+]=[N-])[C@@H](O)[C@H]1F. The molecule has 1 fully saturated rings. The number of azide groups is 1. The highest BCUT2D eigenvalue weighted by molar-refractivity contribution is 5.02. The number of halogens is 1. The van der Waals surface area contributed by atoms with E-state index in [1.165, 1.54) is 6.92 Å². The molecule has 1 aliphatic heterocycles. The van der Waals surface area contributed by atoms with E-state index < -0.39 is 30.6 Å². The van der Waals surface area contributed by atoms with Gasteiger partial charge in [-0.2, -0.15) is 0 Å². The van der Waals surface area contributed by atoms with Crippen LogP contribution in [0.2, 0.25) is 0 Å². The summed E-state index contributed by atoms with van der Waals surface area (Å²) in [6.45, 7) is 0.575. The molecular formula is C7H12FN3O3. The fraction of sp³-hybridized carbons (Fsp3) is 1.00. The van der Waals surface area contributed by atoms with Crippen molar-refractivity contribution >= 4 is 0 Å². The smallest absolute Gasteiger partial charge is 0.155 e. The van der Waals surface area contributed by atoms with Crippen molar-refractivity contribution in [2.45, 2.75) is 30.9 Å². The standard InChI is InChI=1S/C7H12FN3O3/c1-4-5(8)6(13)7(3-12,14-4)2-10-11-9/h4-6,12-13H,2-3H2,1H3/t4-,5-,6-,7+/m0/s1. The van der Waals surface area contributed by atoms with Gasteiger partial charge in [-0.3, -0.25) is 0 Å². The maximum Gasteiger partial charge on any atom is 0.155 e. The molecule has 0 aromatic carbocycles. The van der Waals surface area contributed by atoms with Gasteiger partial charge in [-0.15, -0.1) is 0 Å². The maximum absolute atomic E-state index is 13.2. The zero-order valence-corrected chi connectivity index (χ0v) is 7.67. The molecule has 2 N–H and O–H groups in total. The highest BCUT2D eigenvalue weighted by Crippen LogP contribution is 2.33. The van der Waals surface area contributed by atoms with E-state index in [4.69, 9.17) is 15.4 Å². The number of hydrogen-bond donors (Lipinski definition) is 2. The minimum atomic E-state index is -1.57. The first kappa shape index (κ1) is 11.2. The predicted molar refractivity (Wildman–Crippen MR) is 45.3 cm³/mol. The Morgan fingerprint density at radius 1 is 1.71 bits per heavy atom. The van der Waals surface area contributed by atoms with Crippen LogP contribution in [0.5, 0.6) is 0 Å². The Balaban J connectivity index is 2.84.